The molecule has 8 nitrogen and oxygen atoms in total. The van der Waals surface area contributed by atoms with Gasteiger partial charge in [-0.1, -0.05) is 6.92 Å². The fourth-order valence-corrected chi connectivity index (χ4v) is 2.96. The number of rotatable bonds is 4. The quantitative estimate of drug-likeness (QED) is 0.656. The Kier molecular flexibility index (Phi) is 4.41. The van der Waals surface area contributed by atoms with Crippen LogP contribution in [0.3, 0.4) is 0 Å². The van der Waals surface area contributed by atoms with Gasteiger partial charge in [-0.05, 0) is 19.4 Å². The molecule has 1 saturated heterocycles. The smallest absolute Gasteiger partial charge is 0.272 e. The standard InChI is InChI=1S/C13H19N3O5S/c1-3-13(2)9-15(4-5-21-13)10-6-11(16(17)18)8-12(7-10)22(14,19)20/h6-8H,3-5,9H2,1-2H3,(H2,14,19,20). The van der Waals surface area contributed by atoms with Crippen LogP contribution in [-0.2, 0) is 14.8 Å². The lowest BCUT2D eigenvalue weighted by molar-refractivity contribution is -0.385. The molecule has 1 unspecified atom stereocenters. The lowest BCUT2D eigenvalue weighted by Crippen LogP contribution is -2.49. The molecule has 0 radical (unpaired) electrons. The van der Waals surface area contributed by atoms with Crippen LogP contribution in [0.15, 0.2) is 23.1 Å². The monoisotopic (exact) mass is 329 g/mol. The van der Waals surface area contributed by atoms with Crippen LogP contribution in [0.5, 0.6) is 0 Å². The fourth-order valence-electron chi connectivity index (χ4n) is 2.39. The SMILES string of the molecule is CCC1(C)CN(c2cc([N+](=O)[O-])cc(S(N)(=O)=O)c2)CCO1. The van der Waals surface area contributed by atoms with Crippen molar-refractivity contribution in [2.24, 2.45) is 5.14 Å². The van der Waals surface area contributed by atoms with Crippen LogP contribution in [0.25, 0.3) is 0 Å². The van der Waals surface area contributed by atoms with E-state index >= 15 is 0 Å². The summed E-state index contributed by atoms with van der Waals surface area (Å²) in [5, 5.41) is 16.1. The number of ether oxygens (including phenoxy) is 1. The molecular weight excluding hydrogens is 310 g/mol. The number of hydrogen-bond donors (Lipinski definition) is 1. The number of nitrogens with zero attached hydrogens (tertiary/aromatic N) is 2. The van der Waals surface area contributed by atoms with Gasteiger partial charge in [0.1, 0.15) is 0 Å². The van der Waals surface area contributed by atoms with Crippen molar-refractivity contribution in [1.82, 2.24) is 0 Å². The van der Waals surface area contributed by atoms with E-state index in [0.717, 1.165) is 12.5 Å². The molecule has 2 rings (SSSR count). The summed E-state index contributed by atoms with van der Waals surface area (Å²) in [6, 6.07) is 3.69. The lowest BCUT2D eigenvalue weighted by Gasteiger charge is -2.41. The number of hydrogen-bond acceptors (Lipinski definition) is 6. The molecule has 1 aliphatic heterocycles. The Morgan fingerprint density at radius 3 is 2.68 bits per heavy atom. The molecule has 0 spiro atoms. The Morgan fingerprint density at radius 1 is 1.45 bits per heavy atom. The van der Waals surface area contributed by atoms with Gasteiger partial charge in [-0.3, -0.25) is 10.1 Å². The van der Waals surface area contributed by atoms with E-state index in [0.29, 0.717) is 25.4 Å². The average molecular weight is 329 g/mol. The van der Waals surface area contributed by atoms with E-state index in [1.54, 1.807) is 0 Å². The first-order valence-electron chi connectivity index (χ1n) is 6.86. The molecule has 122 valence electrons. The van der Waals surface area contributed by atoms with Crippen LogP contribution >= 0.6 is 0 Å². The third-order valence-electron chi connectivity index (χ3n) is 3.87. The number of anilines is 1. The topological polar surface area (TPSA) is 116 Å². The number of morpholine rings is 1. The predicted octanol–water partition coefficient (Wildman–Crippen LogP) is 1.25. The molecular formula is C13H19N3O5S. The number of nitro groups is 1. The Balaban J connectivity index is 2.46. The predicted molar refractivity (Wildman–Crippen MR) is 81.3 cm³/mol. The van der Waals surface area contributed by atoms with E-state index in [1.807, 2.05) is 18.7 Å². The van der Waals surface area contributed by atoms with Crippen molar-refractivity contribution < 1.29 is 18.1 Å². The van der Waals surface area contributed by atoms with Crippen LogP contribution in [0.1, 0.15) is 20.3 Å². The second kappa shape index (κ2) is 5.82. The van der Waals surface area contributed by atoms with E-state index in [2.05, 4.69) is 0 Å². The van der Waals surface area contributed by atoms with Crippen LogP contribution in [0.4, 0.5) is 11.4 Å². The minimum Gasteiger partial charge on any atom is -0.372 e. The van der Waals surface area contributed by atoms with Crippen molar-refractivity contribution in [2.45, 2.75) is 30.8 Å². The zero-order valence-corrected chi connectivity index (χ0v) is 13.3. The van der Waals surface area contributed by atoms with Gasteiger partial charge in [0.15, 0.2) is 0 Å². The van der Waals surface area contributed by atoms with E-state index < -0.39 is 14.9 Å². The third-order valence-corrected chi connectivity index (χ3v) is 4.76. The molecule has 0 aliphatic carbocycles. The summed E-state index contributed by atoms with van der Waals surface area (Å²) in [4.78, 5) is 12.0. The van der Waals surface area contributed by atoms with E-state index in [4.69, 9.17) is 9.88 Å². The highest BCUT2D eigenvalue weighted by molar-refractivity contribution is 7.89. The maximum atomic E-state index is 11.5. The van der Waals surface area contributed by atoms with Crippen molar-refractivity contribution >= 4 is 21.4 Å². The van der Waals surface area contributed by atoms with E-state index in [-0.39, 0.29) is 16.2 Å². The summed E-state index contributed by atoms with van der Waals surface area (Å²) in [5.41, 5.74) is -0.211. The highest BCUT2D eigenvalue weighted by Gasteiger charge is 2.31. The molecule has 0 amide bonds. The summed E-state index contributed by atoms with van der Waals surface area (Å²) in [7, 11) is -4.02. The van der Waals surface area contributed by atoms with E-state index in [1.165, 1.54) is 12.1 Å². The molecule has 9 heteroatoms. The molecule has 1 aliphatic rings. The minimum atomic E-state index is -4.02. The number of benzene rings is 1. The average Bonchev–Trinajstić information content (AvgIpc) is 2.46. The normalized spacial score (nSPS) is 22.6. The molecule has 1 fully saturated rings. The Bertz CT molecular complexity index is 691. The fraction of sp³-hybridized carbons (Fsp3) is 0.538. The molecule has 2 N–H and O–H groups in total. The number of sulfonamides is 1. The second-order valence-corrected chi connectivity index (χ2v) is 7.12. The first kappa shape index (κ1) is 16.7. The summed E-state index contributed by atoms with van der Waals surface area (Å²) in [6.45, 7) is 5.47. The zero-order valence-electron chi connectivity index (χ0n) is 12.5. The van der Waals surface area contributed by atoms with Gasteiger partial charge in [-0.15, -0.1) is 0 Å². The maximum Gasteiger partial charge on any atom is 0.272 e. The Hall–Kier alpha value is -1.71. The molecule has 0 saturated carbocycles. The first-order chi connectivity index (χ1) is 10.1. The van der Waals surface area contributed by atoms with Crippen molar-refractivity contribution in [3.8, 4) is 0 Å². The van der Waals surface area contributed by atoms with Gasteiger partial charge in [-0.2, -0.15) is 0 Å². The lowest BCUT2D eigenvalue weighted by atomic mass is 10.0. The minimum absolute atomic E-state index is 0.263. The second-order valence-electron chi connectivity index (χ2n) is 5.56. The number of non-ortho nitro benzene ring substituents is 1. The zero-order chi connectivity index (χ0) is 16.5. The van der Waals surface area contributed by atoms with Gasteiger partial charge in [0, 0.05) is 30.9 Å². The van der Waals surface area contributed by atoms with Crippen molar-refractivity contribution in [1.29, 1.82) is 0 Å². The van der Waals surface area contributed by atoms with Crippen molar-refractivity contribution in [3.63, 3.8) is 0 Å². The third kappa shape index (κ3) is 3.54. The van der Waals surface area contributed by atoms with Crippen LogP contribution in [0.2, 0.25) is 0 Å². The van der Waals surface area contributed by atoms with Gasteiger partial charge in [-0.25, -0.2) is 13.6 Å². The molecule has 22 heavy (non-hydrogen) atoms. The molecule has 1 aromatic rings. The molecule has 1 heterocycles. The molecule has 1 atom stereocenters. The number of primary sulfonamides is 1. The summed E-state index contributed by atoms with van der Waals surface area (Å²) in [6.07, 6.45) is 0.778. The van der Waals surface area contributed by atoms with Crippen LogP contribution in [-0.4, -0.2) is 38.6 Å². The first-order valence-corrected chi connectivity index (χ1v) is 8.40. The molecule has 1 aromatic carbocycles. The maximum absolute atomic E-state index is 11.5. The summed E-state index contributed by atoms with van der Waals surface area (Å²) < 4.78 is 28.8. The Morgan fingerprint density at radius 2 is 2.14 bits per heavy atom. The molecule has 0 aromatic heterocycles. The van der Waals surface area contributed by atoms with Crippen LogP contribution in [0, 0.1) is 10.1 Å². The van der Waals surface area contributed by atoms with Gasteiger partial charge in [0.25, 0.3) is 5.69 Å². The molecule has 0 bridgehead atoms. The highest BCUT2D eigenvalue weighted by atomic mass is 32.2. The van der Waals surface area contributed by atoms with Gasteiger partial charge >= 0.3 is 0 Å². The van der Waals surface area contributed by atoms with Gasteiger partial charge in [0.05, 0.1) is 22.0 Å². The summed E-state index contributed by atoms with van der Waals surface area (Å²) >= 11 is 0. The van der Waals surface area contributed by atoms with Crippen LogP contribution < -0.4 is 10.0 Å². The Labute approximate surface area is 129 Å². The van der Waals surface area contributed by atoms with Crippen molar-refractivity contribution in [2.75, 3.05) is 24.6 Å². The largest absolute Gasteiger partial charge is 0.372 e. The van der Waals surface area contributed by atoms with Gasteiger partial charge < -0.3 is 9.64 Å². The van der Waals surface area contributed by atoms with Crippen molar-refractivity contribution in [3.05, 3.63) is 28.3 Å². The van der Waals surface area contributed by atoms with Gasteiger partial charge in [0.2, 0.25) is 10.0 Å². The van der Waals surface area contributed by atoms with E-state index in [9.17, 15) is 18.5 Å². The highest BCUT2D eigenvalue weighted by Crippen LogP contribution is 2.30. The number of nitrogens with two attached hydrogens (primary N) is 1. The number of nitro benzene ring substituents is 1. The summed E-state index contributed by atoms with van der Waals surface area (Å²) in [5.74, 6) is 0.